The number of benzene rings is 1. The summed E-state index contributed by atoms with van der Waals surface area (Å²) in [5.41, 5.74) is 2.21. The lowest BCUT2D eigenvalue weighted by Crippen LogP contribution is -1.88. The van der Waals surface area contributed by atoms with Crippen molar-refractivity contribution < 1.29 is 0 Å². The first-order valence-electron chi connectivity index (χ1n) is 5.56. The summed E-state index contributed by atoms with van der Waals surface area (Å²) in [7, 11) is 0. The minimum atomic E-state index is 0.882. The van der Waals surface area contributed by atoms with Crippen LogP contribution in [0.4, 0.5) is 0 Å². The summed E-state index contributed by atoms with van der Waals surface area (Å²) in [6.07, 6.45) is 4.11. The molecule has 0 atom stereocenters. The van der Waals surface area contributed by atoms with Gasteiger partial charge in [0.2, 0.25) is 0 Å². The Hall–Kier alpha value is -1.26. The van der Waals surface area contributed by atoms with Gasteiger partial charge in [0.15, 0.2) is 0 Å². The van der Waals surface area contributed by atoms with Crippen LogP contribution in [0.25, 0.3) is 16.9 Å². The summed E-state index contributed by atoms with van der Waals surface area (Å²) in [4.78, 5) is 5.85. The molecular weight excluding hydrogens is 308 g/mol. The van der Waals surface area contributed by atoms with E-state index in [0.29, 0.717) is 0 Å². The molecule has 0 spiro atoms. The predicted octanol–water partition coefficient (Wildman–Crippen LogP) is 4.49. The molecule has 0 amide bonds. The number of nitrogens with zero attached hydrogens (tertiary/aromatic N) is 2. The molecule has 2 aromatic heterocycles. The fraction of sp³-hybridized carbons (Fsp3) is 0.0714. The third-order valence-corrected chi connectivity index (χ3v) is 4.18. The van der Waals surface area contributed by atoms with E-state index in [9.17, 15) is 0 Å². The molecule has 0 fully saturated rings. The number of hydrogen-bond donors (Lipinski definition) is 0. The Morgan fingerprint density at radius 1 is 1.11 bits per heavy atom. The zero-order chi connectivity index (χ0) is 12.5. The molecule has 4 heteroatoms. The molecule has 0 saturated carbocycles. The van der Waals surface area contributed by atoms with Crippen LogP contribution in [-0.2, 0) is 0 Å². The van der Waals surface area contributed by atoms with E-state index in [0.717, 1.165) is 21.5 Å². The first kappa shape index (κ1) is 11.8. The molecule has 1 aromatic carbocycles. The van der Waals surface area contributed by atoms with E-state index in [1.165, 1.54) is 4.90 Å². The normalized spacial score (nSPS) is 11.0. The molecule has 0 N–H and O–H groups in total. The number of fused-ring (bicyclic) bond motifs is 1. The molecule has 0 aliphatic rings. The van der Waals surface area contributed by atoms with E-state index >= 15 is 0 Å². The molecule has 3 aromatic rings. The van der Waals surface area contributed by atoms with Crippen LogP contribution in [0, 0.1) is 0 Å². The van der Waals surface area contributed by atoms with Gasteiger partial charge in [-0.3, -0.25) is 4.40 Å². The summed E-state index contributed by atoms with van der Waals surface area (Å²) in [5.74, 6) is 0.963. The molecule has 2 heterocycles. The highest BCUT2D eigenvalue weighted by molar-refractivity contribution is 9.10. The van der Waals surface area contributed by atoms with Crippen molar-refractivity contribution in [2.75, 3.05) is 6.26 Å². The van der Waals surface area contributed by atoms with Crippen molar-refractivity contribution >= 4 is 33.2 Å². The number of halogens is 1. The number of thioether (sulfide) groups is 1. The Balaban J connectivity index is 2.18. The van der Waals surface area contributed by atoms with Crippen molar-refractivity contribution in [1.82, 2.24) is 9.38 Å². The van der Waals surface area contributed by atoms with Crippen molar-refractivity contribution in [1.29, 1.82) is 0 Å². The highest BCUT2D eigenvalue weighted by Crippen LogP contribution is 2.27. The zero-order valence-electron chi connectivity index (χ0n) is 9.80. The zero-order valence-corrected chi connectivity index (χ0v) is 12.2. The van der Waals surface area contributed by atoms with Gasteiger partial charge in [-0.05, 0) is 46.5 Å². The summed E-state index contributed by atoms with van der Waals surface area (Å²) < 4.78 is 2.98. The minimum absolute atomic E-state index is 0.882. The highest BCUT2D eigenvalue weighted by atomic mass is 79.9. The molecule has 3 rings (SSSR count). The number of hydrogen-bond acceptors (Lipinski definition) is 2. The maximum absolute atomic E-state index is 4.59. The number of aromatic nitrogens is 2. The molecule has 2 nitrogen and oxygen atoms in total. The Labute approximate surface area is 118 Å². The largest absolute Gasteiger partial charge is 0.299 e. The third kappa shape index (κ3) is 1.95. The first-order valence-corrected chi connectivity index (χ1v) is 7.58. The quantitative estimate of drug-likeness (QED) is 0.648. The Bertz CT molecular complexity index is 689. The average Bonchev–Trinajstić information content (AvgIpc) is 2.77. The minimum Gasteiger partial charge on any atom is -0.299 e. The molecule has 0 aliphatic heterocycles. The van der Waals surface area contributed by atoms with Gasteiger partial charge < -0.3 is 0 Å². The van der Waals surface area contributed by atoms with Crippen LogP contribution in [-0.4, -0.2) is 15.6 Å². The summed E-state index contributed by atoms with van der Waals surface area (Å²) in [6, 6.07) is 14.6. The van der Waals surface area contributed by atoms with Gasteiger partial charge in [0.05, 0.1) is 5.52 Å². The van der Waals surface area contributed by atoms with Crippen LogP contribution in [0.2, 0.25) is 0 Å². The molecule has 18 heavy (non-hydrogen) atoms. The standard InChI is InChI=1S/C14H11BrN2S/c1-18-11-7-5-10(6-8-11)14-16-13(15)12-4-2-3-9-17(12)14/h2-9H,1H3. The van der Waals surface area contributed by atoms with Crippen LogP contribution in [0.1, 0.15) is 0 Å². The number of imidazole rings is 1. The second-order valence-electron chi connectivity index (χ2n) is 3.91. The van der Waals surface area contributed by atoms with Crippen LogP contribution < -0.4 is 0 Å². The lowest BCUT2D eigenvalue weighted by molar-refractivity contribution is 1.16. The first-order chi connectivity index (χ1) is 8.79. The average molecular weight is 319 g/mol. The second-order valence-corrected chi connectivity index (χ2v) is 5.54. The number of rotatable bonds is 2. The van der Waals surface area contributed by atoms with Crippen molar-refractivity contribution in [2.45, 2.75) is 4.90 Å². The molecule has 0 unspecified atom stereocenters. The maximum atomic E-state index is 4.59. The molecule has 0 saturated heterocycles. The van der Waals surface area contributed by atoms with E-state index < -0.39 is 0 Å². The van der Waals surface area contributed by atoms with Crippen molar-refractivity contribution in [3.05, 3.63) is 53.3 Å². The maximum Gasteiger partial charge on any atom is 0.145 e. The third-order valence-electron chi connectivity index (χ3n) is 2.85. The summed E-state index contributed by atoms with van der Waals surface area (Å²) >= 11 is 5.25. The van der Waals surface area contributed by atoms with Crippen molar-refractivity contribution in [3.63, 3.8) is 0 Å². The lowest BCUT2D eigenvalue weighted by atomic mass is 10.2. The SMILES string of the molecule is CSc1ccc(-c2nc(Br)c3ccccn23)cc1. The molecule has 0 radical (unpaired) electrons. The van der Waals surface area contributed by atoms with Crippen molar-refractivity contribution in [2.24, 2.45) is 0 Å². The van der Waals surface area contributed by atoms with E-state index in [-0.39, 0.29) is 0 Å². The van der Waals surface area contributed by atoms with Crippen LogP contribution in [0.5, 0.6) is 0 Å². The van der Waals surface area contributed by atoms with Gasteiger partial charge in [-0.25, -0.2) is 4.98 Å². The fourth-order valence-electron chi connectivity index (χ4n) is 1.94. The van der Waals surface area contributed by atoms with E-state index in [1.54, 1.807) is 11.8 Å². The van der Waals surface area contributed by atoms with E-state index in [4.69, 9.17) is 0 Å². The topological polar surface area (TPSA) is 17.3 Å². The van der Waals surface area contributed by atoms with Gasteiger partial charge in [-0.2, -0.15) is 0 Å². The van der Waals surface area contributed by atoms with Crippen LogP contribution in [0.3, 0.4) is 0 Å². The number of pyridine rings is 1. The van der Waals surface area contributed by atoms with Gasteiger partial charge >= 0.3 is 0 Å². The summed E-state index contributed by atoms with van der Waals surface area (Å²) in [5, 5.41) is 0. The van der Waals surface area contributed by atoms with Gasteiger partial charge in [0.1, 0.15) is 10.4 Å². The molecular formula is C14H11BrN2S. The van der Waals surface area contributed by atoms with Gasteiger partial charge in [0.25, 0.3) is 0 Å². The van der Waals surface area contributed by atoms with Crippen LogP contribution in [0.15, 0.2) is 58.2 Å². The monoisotopic (exact) mass is 318 g/mol. The van der Waals surface area contributed by atoms with Gasteiger partial charge in [-0.15, -0.1) is 11.8 Å². The van der Waals surface area contributed by atoms with Gasteiger partial charge in [0, 0.05) is 16.7 Å². The predicted molar refractivity (Wildman–Crippen MR) is 80.1 cm³/mol. The Morgan fingerprint density at radius 2 is 1.89 bits per heavy atom. The van der Waals surface area contributed by atoms with E-state index in [2.05, 4.69) is 61.9 Å². The molecule has 90 valence electrons. The smallest absolute Gasteiger partial charge is 0.145 e. The molecule has 0 aliphatic carbocycles. The Morgan fingerprint density at radius 3 is 2.61 bits per heavy atom. The summed E-state index contributed by atoms with van der Waals surface area (Å²) in [6.45, 7) is 0. The second kappa shape index (κ2) is 4.78. The Kier molecular flexibility index (Phi) is 3.14. The van der Waals surface area contributed by atoms with Gasteiger partial charge in [-0.1, -0.05) is 18.2 Å². The highest BCUT2D eigenvalue weighted by Gasteiger charge is 2.09. The fourth-order valence-corrected chi connectivity index (χ4v) is 2.84. The van der Waals surface area contributed by atoms with Crippen molar-refractivity contribution in [3.8, 4) is 11.4 Å². The van der Waals surface area contributed by atoms with Crippen LogP contribution >= 0.6 is 27.7 Å². The molecule has 0 bridgehead atoms. The van der Waals surface area contributed by atoms with E-state index in [1.807, 2.05) is 18.3 Å². The lowest BCUT2D eigenvalue weighted by Gasteiger charge is -2.02.